The Balaban J connectivity index is 2.01. The van der Waals surface area contributed by atoms with E-state index in [9.17, 15) is 19.7 Å². The fraction of sp³-hybridized carbons (Fsp3) is 0.176. The van der Waals surface area contributed by atoms with Gasteiger partial charge in [-0.25, -0.2) is 9.59 Å². The average molecular weight is 345 g/mol. The van der Waals surface area contributed by atoms with Crippen LogP contribution in [0, 0.1) is 10.1 Å². The number of hydrogen-bond donors (Lipinski definition) is 0. The van der Waals surface area contributed by atoms with Crippen molar-refractivity contribution in [2.75, 3.05) is 20.3 Å². The zero-order valence-corrected chi connectivity index (χ0v) is 13.3. The molecule has 0 radical (unpaired) electrons. The minimum absolute atomic E-state index is 0.0516. The van der Waals surface area contributed by atoms with Crippen LogP contribution in [0.3, 0.4) is 0 Å². The minimum Gasteiger partial charge on any atom is -0.490 e. The van der Waals surface area contributed by atoms with Crippen LogP contribution in [0.15, 0.2) is 48.5 Å². The Morgan fingerprint density at radius 2 is 1.64 bits per heavy atom. The van der Waals surface area contributed by atoms with Crippen molar-refractivity contribution < 1.29 is 28.7 Å². The Kier molecular flexibility index (Phi) is 6.05. The van der Waals surface area contributed by atoms with Crippen molar-refractivity contribution in [2.24, 2.45) is 0 Å². The van der Waals surface area contributed by atoms with Crippen LogP contribution in [-0.2, 0) is 9.47 Å². The molecule has 0 saturated heterocycles. The van der Waals surface area contributed by atoms with Gasteiger partial charge in [0, 0.05) is 12.1 Å². The summed E-state index contributed by atoms with van der Waals surface area (Å²) in [4.78, 5) is 33.8. The van der Waals surface area contributed by atoms with E-state index >= 15 is 0 Å². The van der Waals surface area contributed by atoms with E-state index in [0.29, 0.717) is 5.75 Å². The van der Waals surface area contributed by atoms with Crippen LogP contribution >= 0.6 is 0 Å². The molecule has 130 valence electrons. The summed E-state index contributed by atoms with van der Waals surface area (Å²) in [7, 11) is 1.14. The van der Waals surface area contributed by atoms with Gasteiger partial charge in [0.1, 0.15) is 19.0 Å². The Labute approximate surface area is 143 Å². The normalized spacial score (nSPS) is 9.96. The number of para-hydroxylation sites is 1. The summed E-state index contributed by atoms with van der Waals surface area (Å²) >= 11 is 0. The molecular weight excluding hydrogens is 330 g/mol. The first-order valence-electron chi connectivity index (χ1n) is 7.24. The number of nitrogens with zero attached hydrogens (tertiary/aromatic N) is 1. The van der Waals surface area contributed by atoms with E-state index in [-0.39, 0.29) is 24.3 Å². The number of benzene rings is 2. The third-order valence-corrected chi connectivity index (χ3v) is 3.11. The number of rotatable bonds is 7. The summed E-state index contributed by atoms with van der Waals surface area (Å²) < 4.78 is 14.9. The lowest BCUT2D eigenvalue weighted by atomic mass is 10.1. The van der Waals surface area contributed by atoms with Crippen LogP contribution in [0.4, 0.5) is 5.69 Å². The molecule has 2 rings (SSSR count). The first-order valence-corrected chi connectivity index (χ1v) is 7.24. The summed E-state index contributed by atoms with van der Waals surface area (Å²) in [5.74, 6) is -0.961. The fourth-order valence-corrected chi connectivity index (χ4v) is 1.96. The third-order valence-electron chi connectivity index (χ3n) is 3.11. The predicted octanol–water partition coefficient (Wildman–Crippen LogP) is 2.62. The van der Waals surface area contributed by atoms with Gasteiger partial charge in [0.15, 0.2) is 0 Å². The van der Waals surface area contributed by atoms with Crippen LogP contribution in [0.5, 0.6) is 5.75 Å². The van der Waals surface area contributed by atoms with Crippen molar-refractivity contribution in [1.82, 2.24) is 0 Å². The highest BCUT2D eigenvalue weighted by Gasteiger charge is 2.19. The second-order valence-corrected chi connectivity index (χ2v) is 4.81. The monoisotopic (exact) mass is 345 g/mol. The highest BCUT2D eigenvalue weighted by atomic mass is 16.6. The molecule has 8 nitrogen and oxygen atoms in total. The molecule has 8 heteroatoms. The number of nitro benzene ring substituents is 1. The molecule has 0 saturated carbocycles. The lowest BCUT2D eigenvalue weighted by molar-refractivity contribution is -0.384. The van der Waals surface area contributed by atoms with E-state index in [4.69, 9.17) is 9.47 Å². The van der Waals surface area contributed by atoms with Crippen LogP contribution in [0.2, 0.25) is 0 Å². The molecule has 0 aliphatic heterocycles. The number of non-ortho nitro benzene ring substituents is 1. The van der Waals surface area contributed by atoms with Crippen molar-refractivity contribution in [3.8, 4) is 5.75 Å². The molecule has 0 spiro atoms. The first kappa shape index (κ1) is 17.9. The number of esters is 2. The van der Waals surface area contributed by atoms with E-state index in [1.807, 2.05) is 6.07 Å². The van der Waals surface area contributed by atoms with Crippen molar-refractivity contribution in [2.45, 2.75) is 0 Å². The molecule has 2 aromatic rings. The van der Waals surface area contributed by atoms with E-state index in [1.54, 1.807) is 24.3 Å². The summed E-state index contributed by atoms with van der Waals surface area (Å²) in [5.41, 5.74) is -0.631. The van der Waals surface area contributed by atoms with Gasteiger partial charge in [0.25, 0.3) is 5.69 Å². The number of hydrogen-bond acceptors (Lipinski definition) is 7. The maximum absolute atomic E-state index is 12.0. The first-order chi connectivity index (χ1) is 12.0. The topological polar surface area (TPSA) is 105 Å². The molecule has 0 amide bonds. The largest absolute Gasteiger partial charge is 0.490 e. The minimum atomic E-state index is -0.800. The molecule has 0 unspecified atom stereocenters. The van der Waals surface area contributed by atoms with E-state index < -0.39 is 22.5 Å². The molecule has 0 aromatic heterocycles. The summed E-state index contributed by atoms with van der Waals surface area (Å²) in [6.45, 7) is 0.0680. The smallest absolute Gasteiger partial charge is 0.338 e. The lowest BCUT2D eigenvalue weighted by Crippen LogP contribution is -2.13. The van der Waals surface area contributed by atoms with Gasteiger partial charge in [0.2, 0.25) is 0 Å². The Bertz CT molecular complexity index is 774. The molecule has 0 atom stereocenters. The Hall–Kier alpha value is -3.42. The standard InChI is InChI=1S/C17H15NO7/c1-23-16(19)12-9-13(11-14(10-12)18(21)22)17(20)25-8-7-24-15-5-3-2-4-6-15/h2-6,9-11H,7-8H2,1H3. The molecule has 0 bridgehead atoms. The predicted molar refractivity (Wildman–Crippen MR) is 86.7 cm³/mol. The van der Waals surface area contributed by atoms with Gasteiger partial charge in [-0.05, 0) is 18.2 Å². The zero-order chi connectivity index (χ0) is 18.2. The van der Waals surface area contributed by atoms with Gasteiger partial charge in [-0.1, -0.05) is 18.2 Å². The summed E-state index contributed by atoms with van der Waals surface area (Å²) in [5, 5.41) is 10.9. The molecule has 0 aliphatic carbocycles. The highest BCUT2D eigenvalue weighted by Crippen LogP contribution is 2.19. The maximum Gasteiger partial charge on any atom is 0.338 e. The Morgan fingerprint density at radius 3 is 2.24 bits per heavy atom. The van der Waals surface area contributed by atoms with Crippen molar-refractivity contribution in [3.63, 3.8) is 0 Å². The maximum atomic E-state index is 12.0. The van der Waals surface area contributed by atoms with Crippen molar-refractivity contribution >= 4 is 17.6 Å². The highest BCUT2D eigenvalue weighted by molar-refractivity contribution is 5.96. The Morgan fingerprint density at radius 1 is 1.00 bits per heavy atom. The quantitative estimate of drug-likeness (QED) is 0.329. The van der Waals surface area contributed by atoms with Crippen LogP contribution < -0.4 is 4.74 Å². The van der Waals surface area contributed by atoms with Gasteiger partial charge >= 0.3 is 11.9 Å². The molecule has 0 heterocycles. The van der Waals surface area contributed by atoms with Gasteiger partial charge < -0.3 is 14.2 Å². The van der Waals surface area contributed by atoms with Crippen molar-refractivity contribution in [3.05, 3.63) is 69.8 Å². The van der Waals surface area contributed by atoms with Gasteiger partial charge in [0.05, 0.1) is 23.2 Å². The molecular formula is C17H15NO7. The van der Waals surface area contributed by atoms with Crippen molar-refractivity contribution in [1.29, 1.82) is 0 Å². The van der Waals surface area contributed by atoms with Crippen LogP contribution in [0.1, 0.15) is 20.7 Å². The number of carbonyl (C=O) groups excluding carboxylic acids is 2. The number of carbonyl (C=O) groups is 2. The number of methoxy groups -OCH3 is 1. The van der Waals surface area contributed by atoms with Crippen LogP contribution in [0.25, 0.3) is 0 Å². The van der Waals surface area contributed by atoms with Gasteiger partial charge in [-0.2, -0.15) is 0 Å². The molecule has 2 aromatic carbocycles. The lowest BCUT2D eigenvalue weighted by Gasteiger charge is -2.08. The average Bonchev–Trinajstić information content (AvgIpc) is 2.64. The number of nitro groups is 1. The molecule has 0 aliphatic rings. The second-order valence-electron chi connectivity index (χ2n) is 4.81. The fourth-order valence-electron chi connectivity index (χ4n) is 1.96. The van der Waals surface area contributed by atoms with E-state index in [2.05, 4.69) is 4.74 Å². The van der Waals surface area contributed by atoms with Gasteiger partial charge in [-0.3, -0.25) is 10.1 Å². The SMILES string of the molecule is COC(=O)c1cc(C(=O)OCCOc2ccccc2)cc([N+](=O)[O-])c1. The summed E-state index contributed by atoms with van der Waals surface area (Å²) in [6.07, 6.45) is 0. The summed E-state index contributed by atoms with van der Waals surface area (Å²) in [6, 6.07) is 12.2. The molecule has 25 heavy (non-hydrogen) atoms. The van der Waals surface area contributed by atoms with Crippen LogP contribution in [-0.4, -0.2) is 37.2 Å². The number of ether oxygens (including phenoxy) is 3. The third kappa shape index (κ3) is 5.03. The molecule has 0 fully saturated rings. The molecule has 0 N–H and O–H groups in total. The van der Waals surface area contributed by atoms with E-state index in [0.717, 1.165) is 19.2 Å². The van der Waals surface area contributed by atoms with E-state index in [1.165, 1.54) is 6.07 Å². The second kappa shape index (κ2) is 8.44. The zero-order valence-electron chi connectivity index (χ0n) is 13.3. The van der Waals surface area contributed by atoms with Gasteiger partial charge in [-0.15, -0.1) is 0 Å².